The van der Waals surface area contributed by atoms with Gasteiger partial charge in [-0.25, -0.2) is 9.31 Å². The maximum absolute atomic E-state index is 12.7. The number of amides is 2. The van der Waals surface area contributed by atoms with Crippen LogP contribution in [0.15, 0.2) is 36.7 Å². The summed E-state index contributed by atoms with van der Waals surface area (Å²) in [7, 11) is 3.65. The van der Waals surface area contributed by atoms with Crippen LogP contribution >= 0.6 is 0 Å². The highest BCUT2D eigenvalue weighted by molar-refractivity contribution is 5.98. The van der Waals surface area contributed by atoms with Crippen LogP contribution in [-0.4, -0.2) is 63.5 Å². The number of rotatable bonds is 6. The maximum Gasteiger partial charge on any atom is 0.321 e. The molecule has 3 rings (SSSR count). The van der Waals surface area contributed by atoms with Crippen molar-refractivity contribution in [1.82, 2.24) is 29.8 Å². The highest BCUT2D eigenvalue weighted by Gasteiger charge is 2.17. The number of Topliss-reactive ketones (excluding diaryl/α,β-unsaturated/α-hetero) is 1. The molecule has 0 atom stereocenters. The Bertz CT molecular complexity index is 967. The molecule has 9 nitrogen and oxygen atoms in total. The van der Waals surface area contributed by atoms with Crippen LogP contribution in [-0.2, 0) is 0 Å². The molecule has 140 valence electrons. The van der Waals surface area contributed by atoms with Gasteiger partial charge < -0.3 is 10.2 Å². The van der Waals surface area contributed by atoms with Crippen LogP contribution in [0.4, 0.5) is 10.7 Å². The van der Waals surface area contributed by atoms with E-state index in [9.17, 15) is 9.59 Å². The summed E-state index contributed by atoms with van der Waals surface area (Å²) in [5.74, 6) is 0.0217. The molecule has 0 aliphatic carbocycles. The van der Waals surface area contributed by atoms with Crippen LogP contribution in [0, 0.1) is 0 Å². The largest absolute Gasteiger partial charge is 0.338 e. The number of nitrogens with one attached hydrogen (secondary N) is 2. The van der Waals surface area contributed by atoms with Gasteiger partial charge in [0.15, 0.2) is 11.4 Å². The lowest BCUT2D eigenvalue weighted by Gasteiger charge is -2.11. The van der Waals surface area contributed by atoms with Crippen molar-refractivity contribution >= 4 is 23.4 Å². The number of carbonyl (C=O) groups is 2. The van der Waals surface area contributed by atoms with E-state index in [1.165, 1.54) is 4.52 Å². The summed E-state index contributed by atoms with van der Waals surface area (Å²) in [5.41, 5.74) is 2.51. The zero-order valence-corrected chi connectivity index (χ0v) is 15.4. The van der Waals surface area contributed by atoms with E-state index in [-0.39, 0.29) is 18.3 Å². The Kier molecular flexibility index (Phi) is 5.41. The number of aromatic nitrogens is 4. The first kappa shape index (κ1) is 18.5. The van der Waals surface area contributed by atoms with Crippen LogP contribution in [0.5, 0.6) is 0 Å². The fraction of sp³-hybridized carbons (Fsp3) is 0.278. The van der Waals surface area contributed by atoms with E-state index in [0.717, 1.165) is 11.1 Å². The number of hydrogen-bond donors (Lipinski definition) is 2. The summed E-state index contributed by atoms with van der Waals surface area (Å²) in [6.07, 6.45) is 3.40. The molecule has 0 fully saturated rings. The third kappa shape index (κ3) is 4.26. The molecular formula is C18H21N7O2. The molecule has 27 heavy (non-hydrogen) atoms. The third-order valence-corrected chi connectivity index (χ3v) is 3.74. The summed E-state index contributed by atoms with van der Waals surface area (Å²) in [4.78, 5) is 34.7. The average molecular weight is 367 g/mol. The standard InChI is InChI=1S/C18H21N7O2/c1-4-20-18(27)22-17-21-16-9-13(12-6-5-7-19-10-12)8-14(25(16)23-17)15(26)11-24(2)3/h5-10H,4,11H2,1-3H3,(H2,20,22,23,27). The number of pyridine rings is 2. The molecule has 3 heterocycles. The molecule has 2 amide bonds. The molecule has 0 bridgehead atoms. The van der Waals surface area contributed by atoms with E-state index in [4.69, 9.17) is 0 Å². The number of fused-ring (bicyclic) bond motifs is 1. The van der Waals surface area contributed by atoms with Crippen LogP contribution in [0.25, 0.3) is 16.8 Å². The lowest BCUT2D eigenvalue weighted by Crippen LogP contribution is -2.28. The highest BCUT2D eigenvalue weighted by Crippen LogP contribution is 2.22. The first-order chi connectivity index (χ1) is 13.0. The fourth-order valence-corrected chi connectivity index (χ4v) is 2.61. The van der Waals surface area contributed by atoms with Crippen molar-refractivity contribution in [2.24, 2.45) is 0 Å². The minimum absolute atomic E-state index is 0.106. The summed E-state index contributed by atoms with van der Waals surface area (Å²) in [6, 6.07) is 6.90. The molecule has 0 spiro atoms. The maximum atomic E-state index is 12.7. The van der Waals surface area contributed by atoms with Gasteiger partial charge in [0.2, 0.25) is 0 Å². The number of urea groups is 1. The second kappa shape index (κ2) is 7.92. The Morgan fingerprint density at radius 2 is 2.04 bits per heavy atom. The molecular weight excluding hydrogens is 346 g/mol. The summed E-state index contributed by atoms with van der Waals surface area (Å²) in [5, 5.41) is 9.47. The van der Waals surface area contributed by atoms with Crippen molar-refractivity contribution in [3.63, 3.8) is 0 Å². The van der Waals surface area contributed by atoms with Crippen LogP contribution in [0.2, 0.25) is 0 Å². The van der Waals surface area contributed by atoms with Crippen LogP contribution in [0.1, 0.15) is 17.4 Å². The summed E-state index contributed by atoms with van der Waals surface area (Å²) >= 11 is 0. The second-order valence-electron chi connectivity index (χ2n) is 6.22. The number of likely N-dealkylation sites (N-methyl/N-ethyl adjacent to an activating group) is 1. The highest BCUT2D eigenvalue weighted by atomic mass is 16.2. The van der Waals surface area contributed by atoms with Gasteiger partial charge in [0, 0.05) is 24.5 Å². The number of hydrogen-bond acceptors (Lipinski definition) is 6. The van der Waals surface area contributed by atoms with Gasteiger partial charge in [-0.05, 0) is 44.8 Å². The number of anilines is 1. The number of carbonyl (C=O) groups excluding carboxylic acids is 2. The monoisotopic (exact) mass is 367 g/mol. The Morgan fingerprint density at radius 1 is 1.22 bits per heavy atom. The average Bonchev–Trinajstić information content (AvgIpc) is 3.03. The van der Waals surface area contributed by atoms with Gasteiger partial charge in [-0.1, -0.05) is 6.07 Å². The van der Waals surface area contributed by atoms with Gasteiger partial charge in [-0.3, -0.25) is 15.1 Å². The van der Waals surface area contributed by atoms with E-state index < -0.39 is 6.03 Å². The smallest absolute Gasteiger partial charge is 0.321 e. The summed E-state index contributed by atoms with van der Waals surface area (Å²) in [6.45, 7) is 2.52. The molecule has 0 radical (unpaired) electrons. The Labute approximate surface area is 156 Å². The zero-order valence-electron chi connectivity index (χ0n) is 15.4. The molecule has 0 unspecified atom stereocenters. The van der Waals surface area contributed by atoms with Crippen molar-refractivity contribution in [2.75, 3.05) is 32.5 Å². The lowest BCUT2D eigenvalue weighted by atomic mass is 10.1. The predicted molar refractivity (Wildman–Crippen MR) is 102 cm³/mol. The van der Waals surface area contributed by atoms with Crippen LogP contribution < -0.4 is 10.6 Å². The van der Waals surface area contributed by atoms with Crippen molar-refractivity contribution in [1.29, 1.82) is 0 Å². The van der Waals surface area contributed by atoms with Gasteiger partial charge in [-0.15, -0.1) is 5.10 Å². The van der Waals surface area contributed by atoms with Gasteiger partial charge in [0.1, 0.15) is 5.69 Å². The minimum atomic E-state index is -0.401. The van der Waals surface area contributed by atoms with E-state index >= 15 is 0 Å². The SMILES string of the molecule is CCNC(=O)Nc1nc2cc(-c3cccnc3)cc(C(=O)CN(C)C)n2n1. The van der Waals surface area contributed by atoms with Crippen molar-refractivity contribution < 1.29 is 9.59 Å². The van der Waals surface area contributed by atoms with Gasteiger partial charge in [-0.2, -0.15) is 4.98 Å². The Hall–Kier alpha value is -3.33. The van der Waals surface area contributed by atoms with Crippen molar-refractivity contribution in [3.05, 3.63) is 42.4 Å². The molecule has 2 N–H and O–H groups in total. The minimum Gasteiger partial charge on any atom is -0.338 e. The quantitative estimate of drug-likeness (QED) is 0.642. The van der Waals surface area contributed by atoms with Crippen LogP contribution in [0.3, 0.4) is 0 Å². The molecule has 0 aromatic carbocycles. The normalized spacial score (nSPS) is 11.0. The molecule has 0 saturated carbocycles. The zero-order chi connectivity index (χ0) is 19.4. The molecule has 0 saturated heterocycles. The molecule has 0 aliphatic heterocycles. The van der Waals surface area contributed by atoms with Crippen molar-refractivity contribution in [2.45, 2.75) is 6.92 Å². The Morgan fingerprint density at radius 3 is 2.70 bits per heavy atom. The molecule has 9 heteroatoms. The van der Waals surface area contributed by atoms with E-state index in [0.29, 0.717) is 17.9 Å². The first-order valence-corrected chi connectivity index (χ1v) is 8.52. The summed E-state index contributed by atoms with van der Waals surface area (Å²) < 4.78 is 1.45. The van der Waals surface area contributed by atoms with E-state index in [1.807, 2.05) is 33.2 Å². The fourth-order valence-electron chi connectivity index (χ4n) is 2.61. The lowest BCUT2D eigenvalue weighted by molar-refractivity contribution is 0.0950. The van der Waals surface area contributed by atoms with Gasteiger partial charge in [0.25, 0.3) is 5.95 Å². The van der Waals surface area contributed by atoms with Gasteiger partial charge >= 0.3 is 6.03 Å². The molecule has 0 aliphatic rings. The van der Waals surface area contributed by atoms with E-state index in [1.54, 1.807) is 29.4 Å². The molecule has 3 aromatic rings. The van der Waals surface area contributed by atoms with E-state index in [2.05, 4.69) is 25.7 Å². The number of nitrogens with zero attached hydrogens (tertiary/aromatic N) is 5. The number of ketones is 1. The topological polar surface area (TPSA) is 105 Å². The second-order valence-corrected chi connectivity index (χ2v) is 6.22. The van der Waals surface area contributed by atoms with Crippen molar-refractivity contribution in [3.8, 4) is 11.1 Å². The third-order valence-electron chi connectivity index (χ3n) is 3.74. The molecule has 3 aromatic heterocycles. The first-order valence-electron chi connectivity index (χ1n) is 8.52. The Balaban J connectivity index is 2.08. The van der Waals surface area contributed by atoms with Gasteiger partial charge in [0.05, 0.1) is 6.54 Å². The predicted octanol–water partition coefficient (Wildman–Crippen LogP) is 1.68.